The van der Waals surface area contributed by atoms with Crippen molar-refractivity contribution in [2.45, 2.75) is 20.4 Å². The first-order chi connectivity index (χ1) is 10.8. The van der Waals surface area contributed by atoms with Gasteiger partial charge in [0.15, 0.2) is 10.8 Å². The summed E-state index contributed by atoms with van der Waals surface area (Å²) < 4.78 is 3.68. The fourth-order valence-corrected chi connectivity index (χ4v) is 3.19. The Kier molecular flexibility index (Phi) is 2.97. The molecule has 0 fully saturated rings. The molecule has 0 amide bonds. The number of hydrogen-bond acceptors (Lipinski definition) is 6. The molecule has 7 nitrogen and oxygen atoms in total. The van der Waals surface area contributed by atoms with Crippen molar-refractivity contribution in [2.75, 3.05) is 0 Å². The highest BCUT2D eigenvalue weighted by Gasteiger charge is 2.17. The van der Waals surface area contributed by atoms with Gasteiger partial charge in [0.1, 0.15) is 0 Å². The van der Waals surface area contributed by atoms with Gasteiger partial charge in [0.05, 0.1) is 11.3 Å². The maximum Gasteiger partial charge on any atom is 0.235 e. The van der Waals surface area contributed by atoms with Crippen molar-refractivity contribution >= 4 is 16.3 Å². The highest BCUT2D eigenvalue weighted by molar-refractivity contribution is 7.19. The largest absolute Gasteiger partial charge is 0.272 e. The van der Waals surface area contributed by atoms with Gasteiger partial charge in [-0.2, -0.15) is 14.7 Å². The molecular weight excluding hydrogens is 298 g/mol. The van der Waals surface area contributed by atoms with Crippen LogP contribution in [0.15, 0.2) is 30.7 Å². The minimum Gasteiger partial charge on any atom is -0.272 e. The van der Waals surface area contributed by atoms with E-state index in [9.17, 15) is 0 Å². The molecule has 22 heavy (non-hydrogen) atoms. The molecule has 0 radical (unpaired) electrons. The monoisotopic (exact) mass is 311 g/mol. The minimum atomic E-state index is 0.700. The number of nitrogens with zero attached hydrogens (tertiary/aromatic N) is 7. The molecule has 0 saturated heterocycles. The molecule has 0 aliphatic carbocycles. The molecule has 0 aliphatic rings. The van der Waals surface area contributed by atoms with Crippen molar-refractivity contribution in [3.05, 3.63) is 36.4 Å². The second-order valence-corrected chi connectivity index (χ2v) is 5.81. The summed E-state index contributed by atoms with van der Waals surface area (Å²) >= 11 is 1.51. The fourth-order valence-electron chi connectivity index (χ4n) is 2.29. The Balaban J connectivity index is 1.85. The van der Waals surface area contributed by atoms with Crippen LogP contribution in [0.25, 0.3) is 26.9 Å². The van der Waals surface area contributed by atoms with Crippen molar-refractivity contribution in [1.29, 1.82) is 0 Å². The molecule has 4 rings (SSSR count). The zero-order chi connectivity index (χ0) is 15.1. The van der Waals surface area contributed by atoms with E-state index in [1.54, 1.807) is 16.9 Å². The third-order valence-electron chi connectivity index (χ3n) is 3.41. The molecule has 0 aromatic carbocycles. The zero-order valence-electron chi connectivity index (χ0n) is 12.1. The Hall–Kier alpha value is -2.61. The van der Waals surface area contributed by atoms with Crippen LogP contribution in [0.5, 0.6) is 0 Å². The van der Waals surface area contributed by atoms with Crippen LogP contribution in [0, 0.1) is 6.92 Å². The van der Waals surface area contributed by atoms with E-state index in [0.717, 1.165) is 33.3 Å². The first kappa shape index (κ1) is 13.1. The first-order valence-electron chi connectivity index (χ1n) is 6.93. The SMILES string of the molecule is CCn1cc(-c2nn3c(-c4cccnc4)nnc3s2)c(C)n1. The molecule has 110 valence electrons. The van der Waals surface area contributed by atoms with Gasteiger partial charge in [-0.15, -0.1) is 10.2 Å². The molecular formula is C14H13N7S. The third-order valence-corrected chi connectivity index (χ3v) is 4.34. The van der Waals surface area contributed by atoms with E-state index < -0.39 is 0 Å². The van der Waals surface area contributed by atoms with Crippen LogP contribution in [-0.2, 0) is 6.54 Å². The topological polar surface area (TPSA) is 73.8 Å². The summed E-state index contributed by atoms with van der Waals surface area (Å²) in [6.07, 6.45) is 5.51. The maximum atomic E-state index is 4.66. The first-order valence-corrected chi connectivity index (χ1v) is 7.75. The lowest BCUT2D eigenvalue weighted by atomic mass is 10.3. The van der Waals surface area contributed by atoms with Crippen molar-refractivity contribution in [1.82, 2.24) is 34.6 Å². The van der Waals surface area contributed by atoms with Crippen LogP contribution in [0.2, 0.25) is 0 Å². The Bertz CT molecular complexity index is 935. The lowest BCUT2D eigenvalue weighted by Crippen LogP contribution is -1.93. The van der Waals surface area contributed by atoms with E-state index >= 15 is 0 Å². The molecule has 0 spiro atoms. The molecule has 0 bridgehead atoms. The molecule has 0 unspecified atom stereocenters. The summed E-state index contributed by atoms with van der Waals surface area (Å²) in [6.45, 7) is 4.90. The van der Waals surface area contributed by atoms with E-state index in [1.165, 1.54) is 11.3 Å². The van der Waals surface area contributed by atoms with Crippen LogP contribution in [0.3, 0.4) is 0 Å². The summed E-state index contributed by atoms with van der Waals surface area (Å²) in [4.78, 5) is 4.88. The van der Waals surface area contributed by atoms with Gasteiger partial charge in [-0.3, -0.25) is 9.67 Å². The van der Waals surface area contributed by atoms with E-state index in [2.05, 4.69) is 32.3 Å². The third kappa shape index (κ3) is 2.00. The number of hydrogen-bond donors (Lipinski definition) is 0. The predicted molar refractivity (Wildman–Crippen MR) is 83.5 cm³/mol. The van der Waals surface area contributed by atoms with E-state index in [0.29, 0.717) is 5.82 Å². The van der Waals surface area contributed by atoms with Crippen molar-refractivity contribution in [2.24, 2.45) is 0 Å². The van der Waals surface area contributed by atoms with Crippen LogP contribution in [-0.4, -0.2) is 34.6 Å². The smallest absolute Gasteiger partial charge is 0.235 e. The number of pyridine rings is 1. The van der Waals surface area contributed by atoms with Gasteiger partial charge < -0.3 is 0 Å². The molecule has 4 heterocycles. The molecule has 0 atom stereocenters. The van der Waals surface area contributed by atoms with Gasteiger partial charge in [0.25, 0.3) is 0 Å². The van der Waals surface area contributed by atoms with E-state index in [-0.39, 0.29) is 0 Å². The normalized spacial score (nSPS) is 11.4. The summed E-state index contributed by atoms with van der Waals surface area (Å²) in [7, 11) is 0. The zero-order valence-corrected chi connectivity index (χ0v) is 12.9. The van der Waals surface area contributed by atoms with Gasteiger partial charge >= 0.3 is 0 Å². The summed E-state index contributed by atoms with van der Waals surface area (Å²) in [5, 5.41) is 18.4. The average Bonchev–Trinajstić information content (AvgIpc) is 3.21. The van der Waals surface area contributed by atoms with Crippen LogP contribution >= 0.6 is 11.3 Å². The van der Waals surface area contributed by atoms with Crippen LogP contribution in [0.1, 0.15) is 12.6 Å². The molecule has 0 N–H and O–H groups in total. The standard InChI is InChI=1S/C14H13N7S/c1-3-20-8-11(9(2)18-20)13-19-21-12(16-17-14(21)22-13)10-5-4-6-15-7-10/h4-8H,3H2,1-2H3. The fraction of sp³-hybridized carbons (Fsp3) is 0.214. The minimum absolute atomic E-state index is 0.700. The quantitative estimate of drug-likeness (QED) is 0.581. The summed E-state index contributed by atoms with van der Waals surface area (Å²) in [6, 6.07) is 3.82. The number of rotatable bonds is 3. The lowest BCUT2D eigenvalue weighted by Gasteiger charge is -1.95. The summed E-state index contributed by atoms with van der Waals surface area (Å²) in [5.41, 5.74) is 2.90. The average molecular weight is 311 g/mol. The Labute approximate surface area is 130 Å². The van der Waals surface area contributed by atoms with E-state index in [1.807, 2.05) is 29.9 Å². The predicted octanol–water partition coefficient (Wildman–Crippen LogP) is 2.44. The lowest BCUT2D eigenvalue weighted by molar-refractivity contribution is 0.653. The van der Waals surface area contributed by atoms with Gasteiger partial charge in [-0.05, 0) is 26.0 Å². The second kappa shape index (κ2) is 4.99. The Morgan fingerprint density at radius 3 is 2.86 bits per heavy atom. The van der Waals surface area contributed by atoms with Crippen LogP contribution < -0.4 is 0 Å². The Morgan fingerprint density at radius 1 is 1.23 bits per heavy atom. The van der Waals surface area contributed by atoms with Crippen LogP contribution in [0.4, 0.5) is 0 Å². The molecule has 4 aromatic heterocycles. The highest BCUT2D eigenvalue weighted by Crippen LogP contribution is 2.29. The summed E-state index contributed by atoms with van der Waals surface area (Å²) in [5.74, 6) is 0.700. The van der Waals surface area contributed by atoms with Gasteiger partial charge in [-0.25, -0.2) is 0 Å². The second-order valence-electron chi connectivity index (χ2n) is 4.85. The maximum absolute atomic E-state index is 4.66. The number of aryl methyl sites for hydroxylation is 2. The molecule has 8 heteroatoms. The number of aromatic nitrogens is 7. The van der Waals surface area contributed by atoms with Crippen molar-refractivity contribution in [3.8, 4) is 22.0 Å². The van der Waals surface area contributed by atoms with Gasteiger partial charge in [0.2, 0.25) is 4.96 Å². The molecule has 4 aromatic rings. The van der Waals surface area contributed by atoms with Crippen molar-refractivity contribution < 1.29 is 0 Å². The van der Waals surface area contributed by atoms with E-state index in [4.69, 9.17) is 0 Å². The van der Waals surface area contributed by atoms with Gasteiger partial charge in [0, 0.05) is 30.7 Å². The van der Waals surface area contributed by atoms with Crippen molar-refractivity contribution in [3.63, 3.8) is 0 Å². The molecule has 0 saturated carbocycles. The molecule has 0 aliphatic heterocycles. The Morgan fingerprint density at radius 2 is 2.14 bits per heavy atom. The highest BCUT2D eigenvalue weighted by atomic mass is 32.1. The van der Waals surface area contributed by atoms with Gasteiger partial charge in [-0.1, -0.05) is 11.3 Å². The number of fused-ring (bicyclic) bond motifs is 1.